The first kappa shape index (κ1) is 10.7. The standard InChI is InChI=1S/C13H19NO/c1-11-3-2-4-12(9-11)13(5-7-14)6-8-15-10-13/h2-4,9H,5-8,10,14H2,1H3. The van der Waals surface area contributed by atoms with E-state index in [1.165, 1.54) is 11.1 Å². The van der Waals surface area contributed by atoms with Crippen LogP contribution in [0.2, 0.25) is 0 Å². The Kier molecular flexibility index (Phi) is 3.08. The molecule has 82 valence electrons. The zero-order chi connectivity index (χ0) is 10.7. The molecule has 1 aromatic rings. The van der Waals surface area contributed by atoms with Crippen LogP contribution in [-0.4, -0.2) is 19.8 Å². The van der Waals surface area contributed by atoms with Crippen LogP contribution in [0.5, 0.6) is 0 Å². The molecule has 1 aliphatic rings. The normalized spacial score (nSPS) is 25.7. The van der Waals surface area contributed by atoms with Crippen molar-refractivity contribution in [2.45, 2.75) is 25.2 Å². The molecule has 0 radical (unpaired) electrons. The first-order valence-corrected chi connectivity index (χ1v) is 5.62. The number of benzene rings is 1. The summed E-state index contributed by atoms with van der Waals surface area (Å²) in [4.78, 5) is 0. The lowest BCUT2D eigenvalue weighted by Gasteiger charge is -2.27. The third-order valence-corrected chi connectivity index (χ3v) is 3.36. The summed E-state index contributed by atoms with van der Waals surface area (Å²) in [5, 5.41) is 0. The van der Waals surface area contributed by atoms with Crippen molar-refractivity contribution in [2.75, 3.05) is 19.8 Å². The van der Waals surface area contributed by atoms with Gasteiger partial charge in [0.05, 0.1) is 6.61 Å². The lowest BCUT2D eigenvalue weighted by Crippen LogP contribution is -2.29. The van der Waals surface area contributed by atoms with E-state index in [4.69, 9.17) is 10.5 Å². The summed E-state index contributed by atoms with van der Waals surface area (Å²) in [6.45, 7) is 4.56. The highest BCUT2D eigenvalue weighted by Crippen LogP contribution is 2.36. The number of nitrogens with two attached hydrogens (primary N) is 1. The van der Waals surface area contributed by atoms with E-state index in [9.17, 15) is 0 Å². The Bertz CT molecular complexity index is 329. The summed E-state index contributed by atoms with van der Waals surface area (Å²) >= 11 is 0. The molecule has 0 aromatic heterocycles. The highest BCUT2D eigenvalue weighted by molar-refractivity contribution is 5.30. The Balaban J connectivity index is 2.31. The minimum Gasteiger partial charge on any atom is -0.380 e. The van der Waals surface area contributed by atoms with Crippen molar-refractivity contribution in [2.24, 2.45) is 5.73 Å². The SMILES string of the molecule is Cc1cccc(C2(CCN)CCOC2)c1. The molecule has 2 N–H and O–H groups in total. The first-order valence-electron chi connectivity index (χ1n) is 5.62. The van der Waals surface area contributed by atoms with Gasteiger partial charge in [-0.15, -0.1) is 0 Å². The molecule has 2 heteroatoms. The van der Waals surface area contributed by atoms with Crippen LogP contribution < -0.4 is 5.73 Å². The average molecular weight is 205 g/mol. The maximum atomic E-state index is 5.71. The molecule has 1 aromatic carbocycles. The minimum atomic E-state index is 0.181. The number of rotatable bonds is 3. The second-order valence-electron chi connectivity index (χ2n) is 4.49. The lowest BCUT2D eigenvalue weighted by atomic mass is 9.76. The van der Waals surface area contributed by atoms with Crippen LogP contribution in [0.4, 0.5) is 0 Å². The molecular weight excluding hydrogens is 186 g/mol. The summed E-state index contributed by atoms with van der Waals surface area (Å²) in [5.74, 6) is 0. The highest BCUT2D eigenvalue weighted by atomic mass is 16.5. The van der Waals surface area contributed by atoms with Crippen molar-refractivity contribution in [3.63, 3.8) is 0 Å². The molecule has 0 bridgehead atoms. The van der Waals surface area contributed by atoms with Gasteiger partial charge in [-0.3, -0.25) is 0 Å². The van der Waals surface area contributed by atoms with Crippen molar-refractivity contribution >= 4 is 0 Å². The Morgan fingerprint density at radius 1 is 1.47 bits per heavy atom. The van der Waals surface area contributed by atoms with Gasteiger partial charge in [-0.2, -0.15) is 0 Å². The molecule has 2 rings (SSSR count). The fourth-order valence-electron chi connectivity index (χ4n) is 2.43. The third kappa shape index (κ3) is 2.06. The highest BCUT2D eigenvalue weighted by Gasteiger charge is 2.35. The predicted octanol–water partition coefficient (Wildman–Crippen LogP) is 2.00. The molecule has 1 unspecified atom stereocenters. The number of ether oxygens (including phenoxy) is 1. The molecule has 0 aliphatic carbocycles. The van der Waals surface area contributed by atoms with Crippen LogP contribution in [0.3, 0.4) is 0 Å². The van der Waals surface area contributed by atoms with E-state index in [2.05, 4.69) is 31.2 Å². The van der Waals surface area contributed by atoms with Crippen molar-refractivity contribution in [1.82, 2.24) is 0 Å². The van der Waals surface area contributed by atoms with Crippen LogP contribution in [-0.2, 0) is 10.2 Å². The Hall–Kier alpha value is -0.860. The van der Waals surface area contributed by atoms with Crippen LogP contribution in [0, 0.1) is 6.92 Å². The van der Waals surface area contributed by atoms with E-state index in [-0.39, 0.29) is 5.41 Å². The van der Waals surface area contributed by atoms with Crippen molar-refractivity contribution in [1.29, 1.82) is 0 Å². The van der Waals surface area contributed by atoms with Gasteiger partial charge >= 0.3 is 0 Å². The summed E-state index contributed by atoms with van der Waals surface area (Å²) in [5.41, 5.74) is 8.60. The summed E-state index contributed by atoms with van der Waals surface area (Å²) in [6.07, 6.45) is 2.13. The largest absolute Gasteiger partial charge is 0.380 e. The molecule has 1 saturated heterocycles. The van der Waals surface area contributed by atoms with E-state index in [0.29, 0.717) is 0 Å². The molecule has 0 amide bonds. The van der Waals surface area contributed by atoms with Crippen LogP contribution in [0.25, 0.3) is 0 Å². The van der Waals surface area contributed by atoms with Crippen molar-refractivity contribution in [3.05, 3.63) is 35.4 Å². The average Bonchev–Trinajstić information content (AvgIpc) is 2.68. The second kappa shape index (κ2) is 4.33. The molecule has 1 fully saturated rings. The van der Waals surface area contributed by atoms with Crippen LogP contribution in [0.1, 0.15) is 24.0 Å². The van der Waals surface area contributed by atoms with Gasteiger partial charge in [-0.25, -0.2) is 0 Å². The van der Waals surface area contributed by atoms with Crippen molar-refractivity contribution < 1.29 is 4.74 Å². The number of aryl methyl sites for hydroxylation is 1. The number of hydrogen-bond donors (Lipinski definition) is 1. The third-order valence-electron chi connectivity index (χ3n) is 3.36. The Morgan fingerprint density at radius 2 is 2.33 bits per heavy atom. The first-order chi connectivity index (χ1) is 7.27. The Labute approximate surface area is 91.4 Å². The topological polar surface area (TPSA) is 35.2 Å². The minimum absolute atomic E-state index is 0.181. The van der Waals surface area contributed by atoms with E-state index in [1.807, 2.05) is 0 Å². The van der Waals surface area contributed by atoms with Gasteiger partial charge in [0.1, 0.15) is 0 Å². The van der Waals surface area contributed by atoms with Crippen LogP contribution >= 0.6 is 0 Å². The van der Waals surface area contributed by atoms with Crippen molar-refractivity contribution in [3.8, 4) is 0 Å². The molecule has 15 heavy (non-hydrogen) atoms. The van der Waals surface area contributed by atoms with Gasteiger partial charge in [-0.05, 0) is 31.9 Å². The maximum Gasteiger partial charge on any atom is 0.0564 e. The van der Waals surface area contributed by atoms with Crippen LogP contribution in [0.15, 0.2) is 24.3 Å². The molecule has 0 saturated carbocycles. The zero-order valence-electron chi connectivity index (χ0n) is 9.33. The molecule has 2 nitrogen and oxygen atoms in total. The second-order valence-corrected chi connectivity index (χ2v) is 4.49. The van der Waals surface area contributed by atoms with Gasteiger partial charge in [0.2, 0.25) is 0 Å². The summed E-state index contributed by atoms with van der Waals surface area (Å²) in [7, 11) is 0. The van der Waals surface area contributed by atoms with Gasteiger partial charge < -0.3 is 10.5 Å². The van der Waals surface area contributed by atoms with E-state index >= 15 is 0 Å². The smallest absolute Gasteiger partial charge is 0.0564 e. The zero-order valence-corrected chi connectivity index (χ0v) is 9.33. The van der Waals surface area contributed by atoms with Gasteiger partial charge in [0.15, 0.2) is 0 Å². The maximum absolute atomic E-state index is 5.71. The molecule has 1 atom stereocenters. The lowest BCUT2D eigenvalue weighted by molar-refractivity contribution is 0.175. The number of hydrogen-bond acceptors (Lipinski definition) is 2. The van der Waals surface area contributed by atoms with Gasteiger partial charge in [0, 0.05) is 12.0 Å². The fraction of sp³-hybridized carbons (Fsp3) is 0.538. The predicted molar refractivity (Wildman–Crippen MR) is 62.0 cm³/mol. The van der Waals surface area contributed by atoms with Gasteiger partial charge in [-0.1, -0.05) is 29.8 Å². The molecule has 1 aliphatic heterocycles. The summed E-state index contributed by atoms with van der Waals surface area (Å²) < 4.78 is 5.55. The van der Waals surface area contributed by atoms with E-state index < -0.39 is 0 Å². The molecule has 1 heterocycles. The van der Waals surface area contributed by atoms with E-state index in [1.54, 1.807) is 0 Å². The quantitative estimate of drug-likeness (QED) is 0.819. The molecule has 0 spiro atoms. The summed E-state index contributed by atoms with van der Waals surface area (Å²) in [6, 6.07) is 8.73. The molecular formula is C13H19NO. The van der Waals surface area contributed by atoms with E-state index in [0.717, 1.165) is 32.6 Å². The Morgan fingerprint density at radius 3 is 2.93 bits per heavy atom. The monoisotopic (exact) mass is 205 g/mol. The van der Waals surface area contributed by atoms with Gasteiger partial charge in [0.25, 0.3) is 0 Å². The fourth-order valence-corrected chi connectivity index (χ4v) is 2.43.